The third-order valence-corrected chi connectivity index (χ3v) is 26.6. The zero-order valence-corrected chi connectivity index (χ0v) is 71.5. The maximum absolute atomic E-state index is 4.85. The summed E-state index contributed by atoms with van der Waals surface area (Å²) in [6, 6.07) is 149. The van der Waals surface area contributed by atoms with Gasteiger partial charge in [0, 0.05) is 24.8 Å². The van der Waals surface area contributed by atoms with Gasteiger partial charge in [-0.2, -0.15) is 20.4 Å². The van der Waals surface area contributed by atoms with Crippen LogP contribution in [0.25, 0.3) is 45.6 Å². The van der Waals surface area contributed by atoms with Crippen molar-refractivity contribution in [3.63, 3.8) is 0 Å². The fraction of sp³-hybridized carbons (Fsp3) is 0. The number of hydrogen-bond acceptors (Lipinski definition) is 6. The van der Waals surface area contributed by atoms with Crippen LogP contribution < -0.4 is 63.7 Å². The van der Waals surface area contributed by atoms with E-state index in [1.165, 1.54) is 63.7 Å². The Labute approximate surface area is 703 Å². The van der Waals surface area contributed by atoms with Crippen LogP contribution >= 0.6 is 70.5 Å². The molecule has 0 aliphatic carbocycles. The molecule has 0 atom stereocenters. The van der Waals surface area contributed by atoms with Crippen LogP contribution in [0.5, 0.6) is 0 Å². The molecule has 0 aliphatic heterocycles. The van der Waals surface area contributed by atoms with Crippen LogP contribution in [0.4, 0.5) is 0 Å². The molecule has 0 unspecified atom stereocenters. The normalized spacial score (nSPS) is 10.4. The third kappa shape index (κ3) is 26.5. The number of rotatable bonds is 16. The molecule has 20 heteroatoms. The third-order valence-electron chi connectivity index (χ3n) is 16.8. The summed E-state index contributed by atoms with van der Waals surface area (Å²) in [5, 5.41) is 44.0. The number of halogens is 4. The Balaban J connectivity index is 0.000000133. The fourth-order valence-electron chi connectivity index (χ4n) is 11.8. The van der Waals surface area contributed by atoms with Crippen molar-refractivity contribution in [2.45, 2.75) is 0 Å². The molecule has 114 heavy (non-hydrogen) atoms. The van der Waals surface area contributed by atoms with Crippen LogP contribution in [0.2, 0.25) is 0 Å². The Bertz CT molecular complexity index is 4430. The minimum atomic E-state index is -0.446. The van der Waals surface area contributed by atoms with Gasteiger partial charge in [0.15, 0.2) is 0 Å². The average molecular weight is 1820 g/mol. The minimum Gasteiger partial charge on any atom is -0.276 e. The van der Waals surface area contributed by atoms with Crippen molar-refractivity contribution >= 4 is 134 Å². The molecule has 568 valence electrons. The van der Waals surface area contributed by atoms with Crippen molar-refractivity contribution in [3.8, 4) is 45.6 Å². The summed E-state index contributed by atoms with van der Waals surface area (Å²) in [5.74, 6) is 0. The summed E-state index contributed by atoms with van der Waals surface area (Å²) in [4.78, 5) is 9.03. The summed E-state index contributed by atoms with van der Waals surface area (Å²) in [5.41, 5.74) is 7.08. The molecule has 18 rings (SSSR count). The van der Waals surface area contributed by atoms with Crippen LogP contribution in [0.15, 0.2) is 449 Å². The first kappa shape index (κ1) is 84.8. The van der Waals surface area contributed by atoms with Crippen LogP contribution in [0.3, 0.4) is 0 Å². The molecular weight excluding hydrogens is 1740 g/mol. The number of nitrogens with one attached hydrogen (secondary N) is 4. The second kappa shape index (κ2) is 48.9. The largest absolute Gasteiger partial charge is 0.276 e. The van der Waals surface area contributed by atoms with Crippen LogP contribution in [-0.2, 0) is 30.3 Å². The van der Waals surface area contributed by atoms with Gasteiger partial charge in [0.25, 0.3) is 0 Å². The van der Waals surface area contributed by atoms with Crippen molar-refractivity contribution in [3.05, 3.63) is 449 Å². The summed E-state index contributed by atoms with van der Waals surface area (Å²) >= 11 is -0.691. The van der Waals surface area contributed by atoms with Gasteiger partial charge >= 0.3 is 69.1 Å². The van der Waals surface area contributed by atoms with E-state index in [4.69, 9.17) is 38.8 Å². The molecule has 0 radical (unpaired) electrons. The van der Waals surface area contributed by atoms with Crippen LogP contribution in [0.1, 0.15) is 0 Å². The molecule has 0 fully saturated rings. The SMILES string of the molecule is [Cl][Ru][Cl].[Cl][Ru][Cl].c1cc(-c2ccn[nH]2)nc(-c2ccn[nH]2)c1.c1cc(-c2ccn[nH]2)nc(-c2ccn[nH]2)c1.c1ccc(P(c2ccccc2)c2ccccc2)cc1.c1ccc(P(c2ccccc2)c2ccccc2)cc1.c1ccc(P(c2ccccc2)c2ccccc2)cc1.c1ccc(P(c2ccccc2)c2ccccc2)cc1. The van der Waals surface area contributed by atoms with Gasteiger partial charge in [-0.1, -0.05) is 376 Å². The van der Waals surface area contributed by atoms with Gasteiger partial charge in [-0.25, -0.2) is 9.97 Å². The second-order valence-corrected chi connectivity index (χ2v) is 38.3. The maximum Gasteiger partial charge on any atom is 0.0888 e. The van der Waals surface area contributed by atoms with Crippen molar-refractivity contribution in [2.24, 2.45) is 0 Å². The molecule has 6 aromatic heterocycles. The Morgan fingerprint density at radius 1 is 0.167 bits per heavy atom. The summed E-state index contributed by atoms with van der Waals surface area (Å²) in [7, 11) is 17.6. The fourth-order valence-corrected chi connectivity index (χ4v) is 21.0. The first-order valence-corrected chi connectivity index (χ1v) is 50.3. The first-order valence-electron chi connectivity index (χ1n) is 35.9. The average Bonchev–Trinajstić information content (AvgIpc) is 1.73. The van der Waals surface area contributed by atoms with Crippen molar-refractivity contribution < 1.29 is 30.3 Å². The summed E-state index contributed by atoms with van der Waals surface area (Å²) < 4.78 is 0. The number of aromatic amines is 4. The molecule has 0 saturated carbocycles. The van der Waals surface area contributed by atoms with E-state index in [-0.39, 0.29) is 30.3 Å². The molecule has 10 nitrogen and oxygen atoms in total. The molecule has 0 saturated heterocycles. The molecular formula is C94H78Cl4N10P4Ru2. The van der Waals surface area contributed by atoms with Gasteiger partial charge in [-0.15, -0.1) is 0 Å². The summed E-state index contributed by atoms with van der Waals surface area (Å²) in [6.07, 6.45) is 6.83. The molecule has 18 aromatic rings. The Morgan fingerprint density at radius 2 is 0.289 bits per heavy atom. The molecule has 0 spiro atoms. The van der Waals surface area contributed by atoms with Gasteiger partial charge in [-0.05, 0) is 144 Å². The van der Waals surface area contributed by atoms with Gasteiger partial charge < -0.3 is 0 Å². The van der Waals surface area contributed by atoms with Crippen LogP contribution in [-0.4, -0.2) is 50.8 Å². The van der Waals surface area contributed by atoms with E-state index in [0.717, 1.165) is 45.6 Å². The van der Waals surface area contributed by atoms with E-state index in [2.05, 4.69) is 415 Å². The number of benzene rings is 12. The van der Waals surface area contributed by atoms with Gasteiger partial charge in [-0.3, -0.25) is 20.4 Å². The van der Waals surface area contributed by atoms with E-state index in [1.807, 2.05) is 60.7 Å². The van der Waals surface area contributed by atoms with E-state index < -0.39 is 31.7 Å². The zero-order chi connectivity index (χ0) is 78.7. The molecule has 0 aliphatic rings. The number of H-pyrrole nitrogens is 4. The maximum atomic E-state index is 4.85. The smallest absolute Gasteiger partial charge is 0.0888 e. The predicted octanol–water partition coefficient (Wildman–Crippen LogP) is 20.3. The van der Waals surface area contributed by atoms with Crippen molar-refractivity contribution in [1.82, 2.24) is 50.8 Å². The number of pyridine rings is 2. The molecule has 6 heterocycles. The predicted molar refractivity (Wildman–Crippen MR) is 483 cm³/mol. The quantitative estimate of drug-likeness (QED) is 0.0561. The molecule has 12 aromatic carbocycles. The number of aromatic nitrogens is 10. The van der Waals surface area contributed by atoms with Crippen molar-refractivity contribution in [2.75, 3.05) is 0 Å². The van der Waals surface area contributed by atoms with E-state index in [0.29, 0.717) is 0 Å². The molecule has 0 amide bonds. The van der Waals surface area contributed by atoms with Crippen LogP contribution in [0, 0.1) is 0 Å². The van der Waals surface area contributed by atoms with Crippen molar-refractivity contribution in [1.29, 1.82) is 0 Å². The number of nitrogens with zero attached hydrogens (tertiary/aromatic N) is 6. The zero-order valence-electron chi connectivity index (χ0n) is 61.4. The van der Waals surface area contributed by atoms with Gasteiger partial charge in [0.2, 0.25) is 0 Å². The van der Waals surface area contributed by atoms with E-state index >= 15 is 0 Å². The topological polar surface area (TPSA) is 140 Å². The van der Waals surface area contributed by atoms with E-state index in [9.17, 15) is 0 Å². The number of hydrogen-bond donors (Lipinski definition) is 4. The molecule has 4 N–H and O–H groups in total. The van der Waals surface area contributed by atoms with Gasteiger partial charge in [0.1, 0.15) is 0 Å². The van der Waals surface area contributed by atoms with Gasteiger partial charge in [0.05, 0.1) is 45.6 Å². The minimum absolute atomic E-state index is 0.346. The Kier molecular flexibility index (Phi) is 36.3. The molecule has 0 bridgehead atoms. The monoisotopic (exact) mass is 1810 g/mol. The standard InChI is InChI=1S/4C18H15P.2C11H9N5.4ClH.2Ru/c4*1-4-10-16(11-5-1)19(17-12-6-2-7-13-17)18-14-8-3-9-15-18;2*1-2-8(10-4-6-12-15-10)14-9(3-1)11-5-7-13-16-11;;;;;;/h4*1-15H;2*1-7H,(H,12,15)(H,13,16);4*1H;;/q;;;;;;;;;;2*+2/p-4. The van der Waals surface area contributed by atoms with E-state index in [1.54, 1.807) is 24.8 Å². The summed E-state index contributed by atoms with van der Waals surface area (Å²) in [6.45, 7) is 0. The Morgan fingerprint density at radius 3 is 0.395 bits per heavy atom. The first-order chi connectivity index (χ1) is 56.5. The second-order valence-electron chi connectivity index (χ2n) is 24.2. The Hall–Kier alpha value is -10.1.